The lowest BCUT2D eigenvalue weighted by molar-refractivity contribution is 0.134. The average Bonchev–Trinajstić information content (AvgIpc) is 2.16. The van der Waals surface area contributed by atoms with E-state index in [0.717, 1.165) is 12.8 Å². The molecule has 0 aromatic rings. The molecule has 0 aliphatic carbocycles. The lowest BCUT2D eigenvalue weighted by Gasteiger charge is -2.22. The summed E-state index contributed by atoms with van der Waals surface area (Å²) in [7, 11) is 0. The number of rotatable bonds is 4. The molecule has 1 N–H and O–H groups in total. The van der Waals surface area contributed by atoms with E-state index in [0.29, 0.717) is 6.04 Å². The molecule has 12 heavy (non-hydrogen) atoms. The molecule has 1 aliphatic heterocycles. The fraction of sp³-hybridized carbons (Fsp3) is 0.600. The molecule has 0 fully saturated rings. The topological polar surface area (TPSA) is 21.3 Å². The van der Waals surface area contributed by atoms with E-state index in [1.165, 1.54) is 0 Å². The zero-order valence-electron chi connectivity index (χ0n) is 7.79. The summed E-state index contributed by atoms with van der Waals surface area (Å²) in [6.07, 6.45) is 10.0. The monoisotopic (exact) mass is 167 g/mol. The predicted molar refractivity (Wildman–Crippen MR) is 50.7 cm³/mol. The SMILES string of the molecule is CCC(CC)NC1C=CC=CO1. The standard InChI is InChI=1S/C10H17NO/c1-3-9(4-2)11-10-7-5-6-8-12-10/h5-11H,3-4H2,1-2H3. The van der Waals surface area contributed by atoms with Gasteiger partial charge in [0.1, 0.15) is 0 Å². The quantitative estimate of drug-likeness (QED) is 0.693. The van der Waals surface area contributed by atoms with Crippen LogP contribution in [0.3, 0.4) is 0 Å². The van der Waals surface area contributed by atoms with E-state index in [9.17, 15) is 0 Å². The Labute approximate surface area is 74.3 Å². The molecule has 0 saturated carbocycles. The van der Waals surface area contributed by atoms with E-state index in [1.807, 2.05) is 18.2 Å². The van der Waals surface area contributed by atoms with Gasteiger partial charge < -0.3 is 4.74 Å². The van der Waals surface area contributed by atoms with Gasteiger partial charge >= 0.3 is 0 Å². The Hall–Kier alpha value is -0.760. The normalized spacial score (nSPS) is 21.4. The van der Waals surface area contributed by atoms with Crippen LogP contribution in [-0.4, -0.2) is 12.3 Å². The lowest BCUT2D eigenvalue weighted by atomic mass is 10.1. The van der Waals surface area contributed by atoms with Gasteiger partial charge in [0.15, 0.2) is 6.23 Å². The van der Waals surface area contributed by atoms with Crippen molar-refractivity contribution in [1.29, 1.82) is 0 Å². The number of ether oxygens (including phenoxy) is 1. The molecule has 0 bridgehead atoms. The maximum atomic E-state index is 5.33. The lowest BCUT2D eigenvalue weighted by Crippen LogP contribution is -2.37. The van der Waals surface area contributed by atoms with Crippen LogP contribution in [0.2, 0.25) is 0 Å². The third-order valence-electron chi connectivity index (χ3n) is 2.09. The first-order valence-electron chi connectivity index (χ1n) is 4.61. The zero-order chi connectivity index (χ0) is 8.81. The van der Waals surface area contributed by atoms with Gasteiger partial charge in [-0.05, 0) is 25.0 Å². The van der Waals surface area contributed by atoms with Crippen molar-refractivity contribution in [2.75, 3.05) is 0 Å². The Kier molecular flexibility index (Phi) is 3.88. The minimum absolute atomic E-state index is 0.0694. The van der Waals surface area contributed by atoms with Crippen LogP contribution in [-0.2, 0) is 4.74 Å². The van der Waals surface area contributed by atoms with E-state index < -0.39 is 0 Å². The van der Waals surface area contributed by atoms with Gasteiger partial charge in [-0.3, -0.25) is 5.32 Å². The first-order valence-corrected chi connectivity index (χ1v) is 4.61. The predicted octanol–water partition coefficient (Wildman–Crippen LogP) is 2.19. The van der Waals surface area contributed by atoms with Crippen molar-refractivity contribution in [1.82, 2.24) is 5.32 Å². The van der Waals surface area contributed by atoms with Crippen molar-refractivity contribution in [2.24, 2.45) is 0 Å². The van der Waals surface area contributed by atoms with Gasteiger partial charge in [0.25, 0.3) is 0 Å². The third kappa shape index (κ3) is 2.70. The number of hydrogen-bond acceptors (Lipinski definition) is 2. The molecule has 0 radical (unpaired) electrons. The van der Waals surface area contributed by atoms with E-state index in [1.54, 1.807) is 6.26 Å². The van der Waals surface area contributed by atoms with E-state index in [2.05, 4.69) is 19.2 Å². The molecule has 0 spiro atoms. The maximum absolute atomic E-state index is 5.33. The minimum Gasteiger partial charge on any atom is -0.479 e. The summed E-state index contributed by atoms with van der Waals surface area (Å²) in [5.41, 5.74) is 0. The summed E-state index contributed by atoms with van der Waals surface area (Å²) in [6, 6.07) is 0.561. The highest BCUT2D eigenvalue weighted by Crippen LogP contribution is 2.03. The Morgan fingerprint density at radius 3 is 2.58 bits per heavy atom. The van der Waals surface area contributed by atoms with E-state index in [-0.39, 0.29) is 6.23 Å². The molecule has 0 aromatic heterocycles. The summed E-state index contributed by atoms with van der Waals surface area (Å²) in [5.74, 6) is 0. The highest BCUT2D eigenvalue weighted by atomic mass is 16.5. The molecule has 1 unspecified atom stereocenters. The first-order chi connectivity index (χ1) is 5.86. The van der Waals surface area contributed by atoms with Crippen LogP contribution in [0.5, 0.6) is 0 Å². The van der Waals surface area contributed by atoms with Crippen LogP contribution < -0.4 is 5.32 Å². The molecular weight excluding hydrogens is 150 g/mol. The summed E-state index contributed by atoms with van der Waals surface area (Å²) in [4.78, 5) is 0. The number of hydrogen-bond donors (Lipinski definition) is 1. The Bertz CT molecular complexity index is 171. The largest absolute Gasteiger partial charge is 0.479 e. The summed E-state index contributed by atoms with van der Waals surface area (Å²) >= 11 is 0. The van der Waals surface area contributed by atoms with Gasteiger partial charge in [-0.2, -0.15) is 0 Å². The first kappa shape index (κ1) is 9.33. The molecule has 1 atom stereocenters. The van der Waals surface area contributed by atoms with Crippen molar-refractivity contribution in [3.05, 3.63) is 24.5 Å². The molecule has 0 amide bonds. The smallest absolute Gasteiger partial charge is 0.169 e. The molecular formula is C10H17NO. The minimum atomic E-state index is 0.0694. The highest BCUT2D eigenvalue weighted by Gasteiger charge is 2.10. The summed E-state index contributed by atoms with van der Waals surface area (Å²) in [6.45, 7) is 4.37. The molecule has 68 valence electrons. The van der Waals surface area contributed by atoms with Gasteiger partial charge in [-0.25, -0.2) is 0 Å². The summed E-state index contributed by atoms with van der Waals surface area (Å²) < 4.78 is 5.33. The van der Waals surface area contributed by atoms with Crippen molar-refractivity contribution in [3.8, 4) is 0 Å². The van der Waals surface area contributed by atoms with E-state index >= 15 is 0 Å². The van der Waals surface area contributed by atoms with Crippen LogP contribution >= 0.6 is 0 Å². The molecule has 1 aliphatic rings. The van der Waals surface area contributed by atoms with Gasteiger partial charge in [0.05, 0.1) is 6.26 Å². The maximum Gasteiger partial charge on any atom is 0.169 e. The fourth-order valence-corrected chi connectivity index (χ4v) is 1.24. The van der Waals surface area contributed by atoms with Crippen LogP contribution in [0.25, 0.3) is 0 Å². The highest BCUT2D eigenvalue weighted by molar-refractivity contribution is 5.07. The van der Waals surface area contributed by atoms with Crippen molar-refractivity contribution in [2.45, 2.75) is 39.0 Å². The molecule has 0 aromatic carbocycles. The fourth-order valence-electron chi connectivity index (χ4n) is 1.24. The van der Waals surface area contributed by atoms with Gasteiger partial charge in [-0.15, -0.1) is 0 Å². The van der Waals surface area contributed by atoms with Crippen LogP contribution in [0.1, 0.15) is 26.7 Å². The molecule has 2 heteroatoms. The second kappa shape index (κ2) is 4.99. The van der Waals surface area contributed by atoms with Gasteiger partial charge in [0, 0.05) is 6.04 Å². The third-order valence-corrected chi connectivity index (χ3v) is 2.09. The van der Waals surface area contributed by atoms with Crippen molar-refractivity contribution in [3.63, 3.8) is 0 Å². The zero-order valence-corrected chi connectivity index (χ0v) is 7.79. The second-order valence-electron chi connectivity index (χ2n) is 2.95. The Morgan fingerprint density at radius 1 is 1.33 bits per heavy atom. The number of nitrogens with one attached hydrogen (secondary N) is 1. The Morgan fingerprint density at radius 2 is 2.08 bits per heavy atom. The van der Waals surface area contributed by atoms with Gasteiger partial charge in [0.2, 0.25) is 0 Å². The molecule has 1 rings (SSSR count). The molecule has 0 saturated heterocycles. The molecule has 1 heterocycles. The van der Waals surface area contributed by atoms with Crippen LogP contribution in [0.4, 0.5) is 0 Å². The van der Waals surface area contributed by atoms with Crippen molar-refractivity contribution < 1.29 is 4.74 Å². The molecule has 2 nitrogen and oxygen atoms in total. The number of allylic oxidation sites excluding steroid dienone is 2. The Balaban J connectivity index is 2.30. The van der Waals surface area contributed by atoms with Crippen LogP contribution in [0, 0.1) is 0 Å². The van der Waals surface area contributed by atoms with Gasteiger partial charge in [-0.1, -0.05) is 19.9 Å². The van der Waals surface area contributed by atoms with Crippen LogP contribution in [0.15, 0.2) is 24.5 Å². The average molecular weight is 167 g/mol. The second-order valence-corrected chi connectivity index (χ2v) is 2.95. The van der Waals surface area contributed by atoms with E-state index in [4.69, 9.17) is 4.74 Å². The van der Waals surface area contributed by atoms with Crippen molar-refractivity contribution >= 4 is 0 Å². The summed E-state index contributed by atoms with van der Waals surface area (Å²) in [5, 5.41) is 3.40.